The van der Waals surface area contributed by atoms with Crippen molar-refractivity contribution in [1.82, 2.24) is 0 Å². The van der Waals surface area contributed by atoms with Gasteiger partial charge in [0.05, 0.1) is 0 Å². The number of aryl methyl sites for hydroxylation is 2. The molecule has 0 aliphatic heterocycles. The molecule has 0 aliphatic rings. The van der Waals surface area contributed by atoms with Crippen LogP contribution in [0.25, 0.3) is 15.0 Å². The second kappa shape index (κ2) is 4.29. The Morgan fingerprint density at radius 2 is 2.13 bits per heavy atom. The molecule has 0 radical (unpaired) electrons. The van der Waals surface area contributed by atoms with Gasteiger partial charge in [0.25, 0.3) is 0 Å². The Balaban J connectivity index is 2.70. The Bertz CT molecular complexity index is 536. The van der Waals surface area contributed by atoms with Gasteiger partial charge in [0.15, 0.2) is 0 Å². The average molecular weight is 334 g/mol. The van der Waals surface area contributed by atoms with Crippen LogP contribution in [0.15, 0.2) is 23.2 Å². The Kier molecular flexibility index (Phi) is 3.21. The molecule has 1 heterocycles. The summed E-state index contributed by atoms with van der Waals surface area (Å²) < 4.78 is 3.84. The summed E-state index contributed by atoms with van der Waals surface area (Å²) in [4.78, 5) is 0. The molecular formula is C12H13ClNTe+. The van der Waals surface area contributed by atoms with Crippen molar-refractivity contribution in [3.05, 3.63) is 34.5 Å². The molecule has 1 aromatic heterocycles. The van der Waals surface area contributed by atoms with Crippen molar-refractivity contribution in [3.8, 4) is 0 Å². The first-order chi connectivity index (χ1) is 7.08. The molecule has 0 N–H and O–H groups in total. The van der Waals surface area contributed by atoms with Gasteiger partial charge >= 0.3 is 105 Å². The summed E-state index contributed by atoms with van der Waals surface area (Å²) in [5.74, 6) is 0. The van der Waals surface area contributed by atoms with E-state index in [1.54, 1.807) is 0 Å². The van der Waals surface area contributed by atoms with Crippen LogP contribution < -0.4 is 2.79 Å². The van der Waals surface area contributed by atoms with Gasteiger partial charge in [-0.3, -0.25) is 0 Å². The number of allylic oxidation sites excluding steroid dienone is 1. The fraction of sp³-hybridized carbons (Fsp3) is 0.250. The van der Waals surface area contributed by atoms with Crippen molar-refractivity contribution in [1.29, 1.82) is 0 Å². The standard InChI is InChI=1S/C12H13ClNTe/c1-8-4-5-12-11(6-8)10(3)14(15-12)7-9(2)13/h4-7H,1-3H3/q+1. The monoisotopic (exact) mass is 336 g/mol. The summed E-state index contributed by atoms with van der Waals surface area (Å²) in [7, 11) is 0. The Hall–Kier alpha value is -0.290. The third-order valence-corrected chi connectivity index (χ3v) is 5.67. The van der Waals surface area contributed by atoms with E-state index in [9.17, 15) is 0 Å². The summed E-state index contributed by atoms with van der Waals surface area (Å²) >= 11 is 5.64. The molecule has 0 aliphatic carbocycles. The molecule has 0 fully saturated rings. The molecule has 3 heteroatoms. The van der Waals surface area contributed by atoms with Crippen LogP contribution in [-0.4, -0.2) is 20.7 Å². The number of nitrogens with zero attached hydrogens (tertiary/aromatic N) is 1. The molecule has 0 amide bonds. The third kappa shape index (κ3) is 2.28. The molecule has 78 valence electrons. The van der Waals surface area contributed by atoms with Gasteiger partial charge in [-0.2, -0.15) is 0 Å². The van der Waals surface area contributed by atoms with Crippen molar-refractivity contribution in [2.24, 2.45) is 0 Å². The fourth-order valence-corrected chi connectivity index (χ4v) is 4.98. The first-order valence-electron chi connectivity index (χ1n) is 4.83. The molecule has 2 rings (SSSR count). The van der Waals surface area contributed by atoms with E-state index in [4.69, 9.17) is 11.6 Å². The van der Waals surface area contributed by atoms with Crippen LogP contribution in [0, 0.1) is 13.8 Å². The number of fused-ring (bicyclic) bond motifs is 1. The minimum absolute atomic E-state index is 0.282. The fourth-order valence-electron chi connectivity index (χ4n) is 1.58. The summed E-state index contributed by atoms with van der Waals surface area (Å²) in [6, 6.07) is 6.72. The number of halogens is 1. The Labute approximate surface area is 105 Å². The Morgan fingerprint density at radius 1 is 1.40 bits per heavy atom. The van der Waals surface area contributed by atoms with Crippen molar-refractivity contribution in [2.45, 2.75) is 20.8 Å². The van der Waals surface area contributed by atoms with E-state index in [-0.39, 0.29) is 20.7 Å². The van der Waals surface area contributed by atoms with E-state index >= 15 is 0 Å². The zero-order valence-corrected chi connectivity index (χ0v) is 12.1. The van der Waals surface area contributed by atoms with Gasteiger partial charge in [0.2, 0.25) is 0 Å². The van der Waals surface area contributed by atoms with E-state index in [1.807, 2.05) is 6.92 Å². The van der Waals surface area contributed by atoms with Crippen LogP contribution in [0.5, 0.6) is 0 Å². The first-order valence-corrected chi connectivity index (χ1v) is 7.42. The van der Waals surface area contributed by atoms with Crippen LogP contribution in [0.1, 0.15) is 18.2 Å². The van der Waals surface area contributed by atoms with Crippen LogP contribution in [0.2, 0.25) is 0 Å². The van der Waals surface area contributed by atoms with E-state index in [1.165, 1.54) is 20.0 Å². The number of hydrogen-bond donors (Lipinski definition) is 0. The van der Waals surface area contributed by atoms with Crippen molar-refractivity contribution < 1.29 is 2.79 Å². The van der Waals surface area contributed by atoms with Crippen molar-refractivity contribution >= 4 is 47.3 Å². The molecule has 15 heavy (non-hydrogen) atoms. The molecule has 0 spiro atoms. The molecule has 0 unspecified atom stereocenters. The number of benzene rings is 1. The summed E-state index contributed by atoms with van der Waals surface area (Å²) in [6.07, 6.45) is 2.05. The molecule has 1 aromatic carbocycles. The van der Waals surface area contributed by atoms with Crippen LogP contribution in [-0.2, 0) is 0 Å². The predicted molar refractivity (Wildman–Crippen MR) is 66.4 cm³/mol. The van der Waals surface area contributed by atoms with E-state index < -0.39 is 0 Å². The molecule has 0 saturated carbocycles. The first kappa shape index (κ1) is 11.2. The molecule has 0 saturated heterocycles. The van der Waals surface area contributed by atoms with Gasteiger partial charge in [-0.05, 0) is 0 Å². The van der Waals surface area contributed by atoms with E-state index in [0.717, 1.165) is 5.03 Å². The molecule has 0 bridgehead atoms. The van der Waals surface area contributed by atoms with Gasteiger partial charge in [-0.25, -0.2) is 0 Å². The van der Waals surface area contributed by atoms with Crippen molar-refractivity contribution in [2.75, 3.05) is 0 Å². The maximum atomic E-state index is 5.92. The normalized spacial score (nSPS) is 12.4. The average Bonchev–Trinajstić information content (AvgIpc) is 2.44. The summed E-state index contributed by atoms with van der Waals surface area (Å²) in [5, 5.41) is 2.26. The number of aromatic nitrogens is 1. The Morgan fingerprint density at radius 3 is 2.80 bits per heavy atom. The molecule has 1 nitrogen and oxygen atoms in total. The minimum atomic E-state index is -0.282. The van der Waals surface area contributed by atoms with Gasteiger partial charge in [0.1, 0.15) is 0 Å². The SMILES string of the molecule is CC(Cl)=C[n+]1[te]c2ccc(C)cc2c1C. The van der Waals surface area contributed by atoms with Crippen molar-refractivity contribution in [3.63, 3.8) is 0 Å². The molecular weight excluding hydrogens is 321 g/mol. The second-order valence-electron chi connectivity index (χ2n) is 3.72. The van der Waals surface area contributed by atoms with Gasteiger partial charge in [0, 0.05) is 0 Å². The van der Waals surface area contributed by atoms with Gasteiger partial charge in [-0.1, -0.05) is 0 Å². The van der Waals surface area contributed by atoms with Gasteiger partial charge in [-0.15, -0.1) is 0 Å². The van der Waals surface area contributed by atoms with Crippen LogP contribution in [0.3, 0.4) is 0 Å². The predicted octanol–water partition coefficient (Wildman–Crippen LogP) is 2.86. The van der Waals surface area contributed by atoms with E-state index in [2.05, 4.69) is 41.0 Å². The quantitative estimate of drug-likeness (QED) is 0.706. The zero-order valence-electron chi connectivity index (χ0n) is 9.04. The topological polar surface area (TPSA) is 3.88 Å². The van der Waals surface area contributed by atoms with Crippen LogP contribution in [0.4, 0.5) is 0 Å². The number of rotatable bonds is 1. The molecule has 2 aromatic rings. The zero-order chi connectivity index (χ0) is 11.0. The van der Waals surface area contributed by atoms with Crippen LogP contribution >= 0.6 is 11.6 Å². The maximum absolute atomic E-state index is 5.92. The summed E-state index contributed by atoms with van der Waals surface area (Å²) in [6.45, 7) is 6.24. The summed E-state index contributed by atoms with van der Waals surface area (Å²) in [5.41, 5.74) is 2.67. The van der Waals surface area contributed by atoms with Gasteiger partial charge < -0.3 is 0 Å². The van der Waals surface area contributed by atoms with E-state index in [0.29, 0.717) is 0 Å². The second-order valence-corrected chi connectivity index (χ2v) is 7.21. The number of hydrogen-bond acceptors (Lipinski definition) is 0. The molecule has 0 atom stereocenters. The third-order valence-electron chi connectivity index (χ3n) is 2.35.